The molecule has 0 saturated carbocycles. The molecule has 2 aromatic carbocycles. The molecule has 0 aliphatic heterocycles. The molecule has 0 heterocycles. The molecule has 0 atom stereocenters. The Morgan fingerprint density at radius 2 is 1.85 bits per heavy atom. The molecule has 2 aromatic rings. The number of hydrogen-bond donors (Lipinski definition) is 2. The number of benzene rings is 2. The van der Waals surface area contributed by atoms with E-state index in [2.05, 4.69) is 10.6 Å². The van der Waals surface area contributed by atoms with Gasteiger partial charge in [-0.05, 0) is 61.5 Å². The van der Waals surface area contributed by atoms with Crippen LogP contribution in [0, 0.1) is 19.7 Å². The summed E-state index contributed by atoms with van der Waals surface area (Å²) in [7, 11) is 0. The lowest BCUT2D eigenvalue weighted by molar-refractivity contribution is 0.619. The summed E-state index contributed by atoms with van der Waals surface area (Å²) < 4.78 is 13.2. The van der Waals surface area contributed by atoms with Crippen LogP contribution in [-0.4, -0.2) is 5.11 Å². The highest BCUT2D eigenvalue weighted by Gasteiger charge is 2.06. The van der Waals surface area contributed by atoms with Gasteiger partial charge in [-0.2, -0.15) is 0 Å². The molecule has 2 rings (SSSR count). The number of nitrogens with one attached hydrogen (secondary N) is 2. The maximum atomic E-state index is 13.2. The second-order valence-corrected chi connectivity index (χ2v) is 5.29. The lowest BCUT2D eigenvalue weighted by Gasteiger charge is -2.14. The Balaban J connectivity index is 2.11. The van der Waals surface area contributed by atoms with Gasteiger partial charge in [-0.1, -0.05) is 23.7 Å². The monoisotopic (exact) mass is 308 g/mol. The number of thiocarbonyl (C=S) groups is 1. The summed E-state index contributed by atoms with van der Waals surface area (Å²) in [5, 5.41) is 7.07. The van der Waals surface area contributed by atoms with Crippen molar-refractivity contribution < 1.29 is 4.39 Å². The molecule has 0 aliphatic rings. The first kappa shape index (κ1) is 14.8. The van der Waals surface area contributed by atoms with Crippen LogP contribution in [0.5, 0.6) is 0 Å². The maximum Gasteiger partial charge on any atom is 0.175 e. The van der Waals surface area contributed by atoms with Crippen LogP contribution in [0.15, 0.2) is 36.4 Å². The Morgan fingerprint density at radius 3 is 2.50 bits per heavy atom. The Hall–Kier alpha value is -1.65. The fourth-order valence-corrected chi connectivity index (χ4v) is 2.28. The highest BCUT2D eigenvalue weighted by Crippen LogP contribution is 2.25. The molecule has 0 aliphatic carbocycles. The third-order valence-electron chi connectivity index (χ3n) is 2.88. The van der Waals surface area contributed by atoms with E-state index < -0.39 is 0 Å². The van der Waals surface area contributed by atoms with Crippen molar-refractivity contribution in [3.63, 3.8) is 0 Å². The third-order valence-corrected chi connectivity index (χ3v) is 3.40. The first-order valence-corrected chi connectivity index (χ1v) is 6.85. The fraction of sp³-hybridized carbons (Fsp3) is 0.133. The topological polar surface area (TPSA) is 24.1 Å². The zero-order chi connectivity index (χ0) is 14.7. The molecule has 104 valence electrons. The number of halogens is 2. The van der Waals surface area contributed by atoms with Crippen molar-refractivity contribution in [2.45, 2.75) is 13.8 Å². The summed E-state index contributed by atoms with van der Waals surface area (Å²) in [6.45, 7) is 3.65. The smallest absolute Gasteiger partial charge is 0.175 e. The molecular weight excluding hydrogens is 295 g/mol. The molecule has 0 saturated heterocycles. The van der Waals surface area contributed by atoms with Crippen molar-refractivity contribution in [2.75, 3.05) is 10.6 Å². The van der Waals surface area contributed by atoms with E-state index in [1.807, 2.05) is 19.1 Å². The predicted molar refractivity (Wildman–Crippen MR) is 87.2 cm³/mol. The number of rotatable bonds is 2. The number of para-hydroxylation sites is 1. The van der Waals surface area contributed by atoms with Gasteiger partial charge in [0.05, 0.1) is 10.7 Å². The van der Waals surface area contributed by atoms with Gasteiger partial charge in [0.1, 0.15) is 5.82 Å². The maximum absolute atomic E-state index is 13.2. The van der Waals surface area contributed by atoms with E-state index in [0.29, 0.717) is 15.7 Å². The Bertz CT molecular complexity index is 638. The summed E-state index contributed by atoms with van der Waals surface area (Å²) in [6, 6.07) is 10.3. The van der Waals surface area contributed by atoms with Crippen LogP contribution in [0.4, 0.5) is 15.8 Å². The van der Waals surface area contributed by atoms with Crippen molar-refractivity contribution >= 4 is 40.3 Å². The van der Waals surface area contributed by atoms with E-state index in [-0.39, 0.29) is 5.82 Å². The van der Waals surface area contributed by atoms with Crippen molar-refractivity contribution in [1.29, 1.82) is 0 Å². The highest BCUT2D eigenvalue weighted by molar-refractivity contribution is 7.80. The molecule has 0 spiro atoms. The number of aryl methyl sites for hydroxylation is 2. The van der Waals surface area contributed by atoms with Crippen LogP contribution in [0.2, 0.25) is 5.02 Å². The van der Waals surface area contributed by atoms with E-state index in [9.17, 15) is 4.39 Å². The first-order chi connectivity index (χ1) is 9.47. The van der Waals surface area contributed by atoms with E-state index in [1.54, 1.807) is 25.1 Å². The number of anilines is 2. The fourth-order valence-electron chi connectivity index (χ4n) is 1.79. The molecular formula is C15H14ClFN2S. The number of hydrogen-bond acceptors (Lipinski definition) is 1. The minimum absolute atomic E-state index is 0.239. The predicted octanol–water partition coefficient (Wildman–Crippen LogP) is 4.90. The van der Waals surface area contributed by atoms with Crippen LogP contribution >= 0.6 is 23.8 Å². The molecule has 0 fully saturated rings. The van der Waals surface area contributed by atoms with E-state index in [1.165, 1.54) is 6.07 Å². The second-order valence-electron chi connectivity index (χ2n) is 4.47. The minimum Gasteiger partial charge on any atom is -0.332 e. The summed E-state index contributed by atoms with van der Waals surface area (Å²) in [5.41, 5.74) is 3.06. The van der Waals surface area contributed by atoms with E-state index in [0.717, 1.165) is 16.9 Å². The molecule has 5 heteroatoms. The van der Waals surface area contributed by atoms with Crippen LogP contribution < -0.4 is 10.6 Å². The summed E-state index contributed by atoms with van der Waals surface area (Å²) >= 11 is 11.4. The quantitative estimate of drug-likeness (QED) is 0.771. The van der Waals surface area contributed by atoms with Gasteiger partial charge in [-0.15, -0.1) is 0 Å². The Labute approximate surface area is 128 Å². The average Bonchev–Trinajstić information content (AvgIpc) is 2.38. The lowest BCUT2D eigenvalue weighted by atomic mass is 10.2. The van der Waals surface area contributed by atoms with Gasteiger partial charge in [0.25, 0.3) is 0 Å². The SMILES string of the molecule is Cc1cc(NC(=S)Nc2c(C)cccc2Cl)ccc1F. The van der Waals surface area contributed by atoms with Gasteiger partial charge in [-0.3, -0.25) is 0 Å². The van der Waals surface area contributed by atoms with E-state index in [4.69, 9.17) is 23.8 Å². The first-order valence-electron chi connectivity index (χ1n) is 6.06. The Kier molecular flexibility index (Phi) is 4.57. The van der Waals surface area contributed by atoms with Gasteiger partial charge in [-0.25, -0.2) is 4.39 Å². The zero-order valence-electron chi connectivity index (χ0n) is 11.1. The molecule has 0 bridgehead atoms. The van der Waals surface area contributed by atoms with Crippen LogP contribution in [0.1, 0.15) is 11.1 Å². The van der Waals surface area contributed by atoms with Crippen LogP contribution in [0.3, 0.4) is 0 Å². The van der Waals surface area contributed by atoms with Gasteiger partial charge in [0.2, 0.25) is 0 Å². The van der Waals surface area contributed by atoms with Crippen molar-refractivity contribution in [3.8, 4) is 0 Å². The van der Waals surface area contributed by atoms with Gasteiger partial charge < -0.3 is 10.6 Å². The summed E-state index contributed by atoms with van der Waals surface area (Å²) in [5.74, 6) is -0.239. The van der Waals surface area contributed by atoms with E-state index >= 15 is 0 Å². The molecule has 0 radical (unpaired) electrons. The lowest BCUT2D eigenvalue weighted by Crippen LogP contribution is -2.20. The Morgan fingerprint density at radius 1 is 1.10 bits per heavy atom. The van der Waals surface area contributed by atoms with Crippen molar-refractivity contribution in [3.05, 3.63) is 58.4 Å². The summed E-state index contributed by atoms with van der Waals surface area (Å²) in [6.07, 6.45) is 0. The van der Waals surface area contributed by atoms with Gasteiger partial charge in [0, 0.05) is 5.69 Å². The van der Waals surface area contributed by atoms with Gasteiger partial charge >= 0.3 is 0 Å². The van der Waals surface area contributed by atoms with Gasteiger partial charge in [0.15, 0.2) is 5.11 Å². The normalized spacial score (nSPS) is 10.2. The largest absolute Gasteiger partial charge is 0.332 e. The average molecular weight is 309 g/mol. The van der Waals surface area contributed by atoms with Crippen molar-refractivity contribution in [1.82, 2.24) is 0 Å². The molecule has 20 heavy (non-hydrogen) atoms. The molecule has 2 N–H and O–H groups in total. The standard InChI is InChI=1S/C15H14ClFN2S/c1-9-4-3-5-12(16)14(9)19-15(20)18-11-6-7-13(17)10(2)8-11/h3-8H,1-2H3,(H2,18,19,20). The van der Waals surface area contributed by atoms with Crippen LogP contribution in [-0.2, 0) is 0 Å². The van der Waals surface area contributed by atoms with Crippen molar-refractivity contribution in [2.24, 2.45) is 0 Å². The third kappa shape index (κ3) is 3.46. The minimum atomic E-state index is -0.239. The van der Waals surface area contributed by atoms with Crippen LogP contribution in [0.25, 0.3) is 0 Å². The highest BCUT2D eigenvalue weighted by atomic mass is 35.5. The zero-order valence-corrected chi connectivity index (χ0v) is 12.7. The molecule has 0 aromatic heterocycles. The summed E-state index contributed by atoms with van der Waals surface area (Å²) in [4.78, 5) is 0. The molecule has 0 unspecified atom stereocenters. The second kappa shape index (κ2) is 6.20. The molecule has 2 nitrogen and oxygen atoms in total. The molecule has 0 amide bonds.